The second-order valence-corrected chi connectivity index (χ2v) is 8.98. The van der Waals surface area contributed by atoms with Gasteiger partial charge in [0.25, 0.3) is 11.7 Å². The molecule has 7 nitrogen and oxygen atoms in total. The standard InChI is InChI=1S/C26H23Cl2NO6/c1-12-6-8-17(13(2)10-12)29-21(18-9-7-14(3)35-18)19(23(31)26(29)32)22(30)15-11-16(27)25(34-5)20(28)24(15)33-4/h6-11,21,30H,1-5H3/b22-19+. The van der Waals surface area contributed by atoms with E-state index in [9.17, 15) is 14.7 Å². The van der Waals surface area contributed by atoms with Gasteiger partial charge in [-0.25, -0.2) is 0 Å². The molecular formula is C26H23Cl2NO6. The molecule has 1 aliphatic rings. The Labute approximate surface area is 212 Å². The summed E-state index contributed by atoms with van der Waals surface area (Å²) in [6.45, 7) is 5.53. The summed E-state index contributed by atoms with van der Waals surface area (Å²) in [5, 5.41) is 11.6. The van der Waals surface area contributed by atoms with Crippen molar-refractivity contribution in [2.75, 3.05) is 19.1 Å². The fraction of sp³-hybridized carbons (Fsp3) is 0.231. The summed E-state index contributed by atoms with van der Waals surface area (Å²) in [5.74, 6) is -1.10. The van der Waals surface area contributed by atoms with Gasteiger partial charge in [0.2, 0.25) is 0 Å². The highest BCUT2D eigenvalue weighted by atomic mass is 35.5. The minimum Gasteiger partial charge on any atom is -0.507 e. The average molecular weight is 516 g/mol. The van der Waals surface area contributed by atoms with E-state index in [2.05, 4.69) is 0 Å². The minimum absolute atomic E-state index is 0.0121. The quantitative estimate of drug-likeness (QED) is 0.248. The number of aliphatic hydroxyl groups excluding tert-OH is 1. The van der Waals surface area contributed by atoms with Crippen molar-refractivity contribution in [1.29, 1.82) is 0 Å². The Hall–Kier alpha value is -3.42. The van der Waals surface area contributed by atoms with E-state index >= 15 is 0 Å². The molecule has 0 aliphatic carbocycles. The highest BCUT2D eigenvalue weighted by molar-refractivity contribution is 6.52. The van der Waals surface area contributed by atoms with Gasteiger partial charge in [-0.05, 0) is 50.6 Å². The molecule has 1 aromatic heterocycles. The fourth-order valence-corrected chi connectivity index (χ4v) is 5.00. The number of methoxy groups -OCH3 is 2. The maximum atomic E-state index is 13.4. The molecule has 2 aromatic carbocycles. The molecule has 1 aliphatic heterocycles. The molecule has 1 saturated heterocycles. The number of rotatable bonds is 5. The van der Waals surface area contributed by atoms with Crippen LogP contribution < -0.4 is 14.4 Å². The molecule has 0 radical (unpaired) electrons. The molecule has 9 heteroatoms. The third kappa shape index (κ3) is 4.05. The van der Waals surface area contributed by atoms with Gasteiger partial charge >= 0.3 is 0 Å². The van der Waals surface area contributed by atoms with Crippen molar-refractivity contribution >= 4 is 46.3 Å². The van der Waals surface area contributed by atoms with Gasteiger partial charge in [-0.3, -0.25) is 14.5 Å². The summed E-state index contributed by atoms with van der Waals surface area (Å²) in [4.78, 5) is 28.1. The Morgan fingerprint density at radius 3 is 2.26 bits per heavy atom. The summed E-state index contributed by atoms with van der Waals surface area (Å²) in [5.41, 5.74) is 2.16. The average Bonchev–Trinajstić information content (AvgIpc) is 3.34. The molecule has 35 heavy (non-hydrogen) atoms. The SMILES string of the molecule is COc1c(Cl)cc(/C(O)=C2\C(=O)C(=O)N(c3ccc(C)cc3C)C2c2ccc(C)o2)c(OC)c1Cl. The Bertz CT molecular complexity index is 1390. The normalized spacial score (nSPS) is 17.2. The summed E-state index contributed by atoms with van der Waals surface area (Å²) < 4.78 is 16.5. The summed E-state index contributed by atoms with van der Waals surface area (Å²) in [6, 6.07) is 9.24. The van der Waals surface area contributed by atoms with Gasteiger partial charge in [-0.15, -0.1) is 0 Å². The Morgan fingerprint density at radius 1 is 1.00 bits per heavy atom. The van der Waals surface area contributed by atoms with Gasteiger partial charge < -0.3 is 19.0 Å². The van der Waals surface area contributed by atoms with Crippen LogP contribution in [0.1, 0.15) is 34.3 Å². The number of hydrogen-bond donors (Lipinski definition) is 1. The zero-order valence-electron chi connectivity index (χ0n) is 19.7. The highest BCUT2D eigenvalue weighted by Crippen LogP contribution is 2.48. The van der Waals surface area contributed by atoms with E-state index in [0.29, 0.717) is 17.2 Å². The fourth-order valence-electron chi connectivity index (χ4n) is 4.32. The summed E-state index contributed by atoms with van der Waals surface area (Å²) in [7, 11) is 2.74. The van der Waals surface area contributed by atoms with Crippen LogP contribution in [-0.4, -0.2) is 31.0 Å². The van der Waals surface area contributed by atoms with Crippen molar-refractivity contribution in [3.8, 4) is 11.5 Å². The molecule has 1 atom stereocenters. The Morgan fingerprint density at radius 2 is 1.69 bits per heavy atom. The van der Waals surface area contributed by atoms with Crippen molar-refractivity contribution in [3.63, 3.8) is 0 Å². The monoisotopic (exact) mass is 515 g/mol. The number of ketones is 1. The second kappa shape index (κ2) is 9.32. The van der Waals surface area contributed by atoms with Crippen molar-refractivity contribution in [3.05, 3.63) is 80.2 Å². The number of carbonyl (C=O) groups excluding carboxylic acids is 2. The van der Waals surface area contributed by atoms with Crippen LogP contribution in [0.4, 0.5) is 5.69 Å². The minimum atomic E-state index is -1.03. The maximum Gasteiger partial charge on any atom is 0.300 e. The molecule has 182 valence electrons. The number of benzene rings is 2. The number of anilines is 1. The van der Waals surface area contributed by atoms with Gasteiger partial charge in [0.15, 0.2) is 11.5 Å². The molecule has 4 rings (SSSR count). The maximum absolute atomic E-state index is 13.4. The van der Waals surface area contributed by atoms with Crippen LogP contribution in [0.2, 0.25) is 10.0 Å². The Balaban J connectivity index is 2.02. The first-order valence-corrected chi connectivity index (χ1v) is 11.4. The van der Waals surface area contributed by atoms with E-state index in [1.54, 1.807) is 25.1 Å². The molecule has 3 aromatic rings. The number of ether oxygens (including phenoxy) is 2. The van der Waals surface area contributed by atoms with E-state index in [0.717, 1.165) is 11.1 Å². The van der Waals surface area contributed by atoms with E-state index < -0.39 is 23.5 Å². The zero-order chi connectivity index (χ0) is 25.6. The van der Waals surface area contributed by atoms with Crippen molar-refractivity contribution in [2.24, 2.45) is 0 Å². The molecular weight excluding hydrogens is 493 g/mol. The van der Waals surface area contributed by atoms with Crippen LogP contribution in [0.3, 0.4) is 0 Å². The van der Waals surface area contributed by atoms with E-state index in [4.69, 9.17) is 37.1 Å². The van der Waals surface area contributed by atoms with Crippen LogP contribution in [0, 0.1) is 20.8 Å². The van der Waals surface area contributed by atoms with Gasteiger partial charge in [-0.2, -0.15) is 0 Å². The first-order chi connectivity index (χ1) is 16.6. The zero-order valence-corrected chi connectivity index (χ0v) is 21.2. The molecule has 1 amide bonds. The third-order valence-electron chi connectivity index (χ3n) is 5.88. The van der Waals surface area contributed by atoms with Gasteiger partial charge in [-0.1, -0.05) is 40.9 Å². The summed E-state index contributed by atoms with van der Waals surface area (Å²) >= 11 is 12.7. The predicted molar refractivity (Wildman–Crippen MR) is 134 cm³/mol. The van der Waals surface area contributed by atoms with Crippen molar-refractivity contribution < 1.29 is 28.6 Å². The predicted octanol–water partition coefficient (Wildman–Crippen LogP) is 6.16. The van der Waals surface area contributed by atoms with Gasteiger partial charge in [0, 0.05) is 5.69 Å². The first kappa shape index (κ1) is 24.7. The number of halogens is 2. The lowest BCUT2D eigenvalue weighted by Gasteiger charge is -2.25. The van der Waals surface area contributed by atoms with Crippen molar-refractivity contribution in [2.45, 2.75) is 26.8 Å². The van der Waals surface area contributed by atoms with Crippen LogP contribution in [0.5, 0.6) is 11.5 Å². The largest absolute Gasteiger partial charge is 0.507 e. The number of amides is 1. The number of nitrogens with zero attached hydrogens (tertiary/aromatic N) is 1. The third-order valence-corrected chi connectivity index (χ3v) is 6.51. The van der Waals surface area contributed by atoms with E-state index in [1.165, 1.54) is 25.2 Å². The number of hydrogen-bond acceptors (Lipinski definition) is 6. The first-order valence-electron chi connectivity index (χ1n) is 10.7. The van der Waals surface area contributed by atoms with Crippen LogP contribution >= 0.6 is 23.2 Å². The Kier molecular flexibility index (Phi) is 6.58. The molecule has 2 heterocycles. The molecule has 1 N–H and O–H groups in total. The van der Waals surface area contributed by atoms with Gasteiger partial charge in [0.1, 0.15) is 28.3 Å². The number of aliphatic hydroxyl groups is 1. The topological polar surface area (TPSA) is 89.2 Å². The number of Topliss-reactive ketones (excluding diaryl/α,β-unsaturated/α-hetero) is 1. The smallest absolute Gasteiger partial charge is 0.300 e. The number of furan rings is 1. The molecule has 1 fully saturated rings. The van der Waals surface area contributed by atoms with Crippen molar-refractivity contribution in [1.82, 2.24) is 0 Å². The lowest BCUT2D eigenvalue weighted by molar-refractivity contribution is -0.132. The van der Waals surface area contributed by atoms with E-state index in [-0.39, 0.29) is 32.7 Å². The van der Waals surface area contributed by atoms with E-state index in [1.807, 2.05) is 26.0 Å². The highest BCUT2D eigenvalue weighted by Gasteiger charge is 2.49. The lowest BCUT2D eigenvalue weighted by Crippen LogP contribution is -2.30. The van der Waals surface area contributed by atoms with Crippen LogP contribution in [0.15, 0.2) is 46.4 Å². The summed E-state index contributed by atoms with van der Waals surface area (Å²) in [6.07, 6.45) is 0. The van der Waals surface area contributed by atoms with Gasteiger partial charge in [0.05, 0.1) is 30.4 Å². The molecule has 0 saturated carbocycles. The van der Waals surface area contributed by atoms with Crippen LogP contribution in [-0.2, 0) is 9.59 Å². The lowest BCUT2D eigenvalue weighted by atomic mass is 9.98. The number of aryl methyl sites for hydroxylation is 3. The molecule has 0 bridgehead atoms. The molecule has 1 unspecified atom stereocenters. The molecule has 0 spiro atoms. The second-order valence-electron chi connectivity index (χ2n) is 8.19. The van der Waals surface area contributed by atoms with Crippen LogP contribution in [0.25, 0.3) is 5.76 Å². The number of carbonyl (C=O) groups is 2.